The zero-order valence-corrected chi connectivity index (χ0v) is 14.1. The van der Waals surface area contributed by atoms with Crippen LogP contribution in [0, 0.1) is 3.57 Å². The summed E-state index contributed by atoms with van der Waals surface area (Å²) in [5.74, 6) is 0.139. The van der Waals surface area contributed by atoms with Crippen molar-refractivity contribution in [2.75, 3.05) is 6.54 Å². The maximum absolute atomic E-state index is 12.8. The highest BCUT2D eigenvalue weighted by Crippen LogP contribution is 2.25. The minimum atomic E-state index is 0.139. The first-order valence-corrected chi connectivity index (χ1v) is 8.35. The summed E-state index contributed by atoms with van der Waals surface area (Å²) in [5, 5.41) is 0.631. The summed E-state index contributed by atoms with van der Waals surface area (Å²) in [6.45, 7) is 3.04. The zero-order valence-electron chi connectivity index (χ0n) is 11.2. The minimum absolute atomic E-state index is 0.139. The molecule has 1 aliphatic rings. The Labute approximate surface area is 133 Å². The van der Waals surface area contributed by atoms with Gasteiger partial charge in [0.2, 0.25) is 0 Å². The standard InChI is InChI=1S/C15H19ClINO/c1-2-12-6-4-3-5-9-18(12)15(19)13-10-11(16)7-8-14(13)17/h7-8,10,12H,2-6,9H2,1H3. The van der Waals surface area contributed by atoms with Crippen LogP contribution in [0.5, 0.6) is 0 Å². The molecule has 1 atom stereocenters. The van der Waals surface area contributed by atoms with Gasteiger partial charge < -0.3 is 4.90 Å². The Hall–Kier alpha value is -0.290. The second-order valence-corrected chi connectivity index (χ2v) is 6.63. The molecule has 19 heavy (non-hydrogen) atoms. The van der Waals surface area contributed by atoms with E-state index >= 15 is 0 Å². The molecule has 2 nitrogen and oxygen atoms in total. The first-order valence-electron chi connectivity index (χ1n) is 6.89. The fraction of sp³-hybridized carbons (Fsp3) is 0.533. The summed E-state index contributed by atoms with van der Waals surface area (Å²) in [6, 6.07) is 5.92. The van der Waals surface area contributed by atoms with E-state index in [9.17, 15) is 4.79 Å². The van der Waals surface area contributed by atoms with Gasteiger partial charge in [-0.3, -0.25) is 4.79 Å². The number of halogens is 2. The van der Waals surface area contributed by atoms with E-state index < -0.39 is 0 Å². The second kappa shape index (κ2) is 6.93. The van der Waals surface area contributed by atoms with E-state index in [1.54, 1.807) is 6.07 Å². The van der Waals surface area contributed by atoms with Gasteiger partial charge in [0.25, 0.3) is 5.91 Å². The maximum atomic E-state index is 12.8. The van der Waals surface area contributed by atoms with Gasteiger partial charge >= 0.3 is 0 Å². The van der Waals surface area contributed by atoms with Gasteiger partial charge in [0.05, 0.1) is 5.56 Å². The summed E-state index contributed by atoms with van der Waals surface area (Å²) in [4.78, 5) is 14.8. The number of benzene rings is 1. The molecule has 1 unspecified atom stereocenters. The number of likely N-dealkylation sites (tertiary alicyclic amines) is 1. The Bertz CT molecular complexity index is 463. The highest BCUT2D eigenvalue weighted by molar-refractivity contribution is 14.1. The van der Waals surface area contributed by atoms with Crippen molar-refractivity contribution in [2.24, 2.45) is 0 Å². The van der Waals surface area contributed by atoms with Crippen LogP contribution in [-0.4, -0.2) is 23.4 Å². The van der Waals surface area contributed by atoms with Crippen LogP contribution in [0.3, 0.4) is 0 Å². The lowest BCUT2D eigenvalue weighted by atomic mass is 10.1. The monoisotopic (exact) mass is 391 g/mol. The first-order chi connectivity index (χ1) is 9.13. The van der Waals surface area contributed by atoms with Gasteiger partial charge in [0.15, 0.2) is 0 Å². The highest BCUT2D eigenvalue weighted by Gasteiger charge is 2.26. The third kappa shape index (κ3) is 3.63. The van der Waals surface area contributed by atoms with Gasteiger partial charge in [-0.2, -0.15) is 0 Å². The number of carbonyl (C=O) groups excluding carboxylic acids is 1. The maximum Gasteiger partial charge on any atom is 0.255 e. The number of rotatable bonds is 2. The van der Waals surface area contributed by atoms with Gasteiger partial charge in [-0.15, -0.1) is 0 Å². The third-order valence-electron chi connectivity index (χ3n) is 3.77. The van der Waals surface area contributed by atoms with Crippen molar-refractivity contribution in [2.45, 2.75) is 45.1 Å². The Morgan fingerprint density at radius 1 is 1.42 bits per heavy atom. The van der Waals surface area contributed by atoms with Gasteiger partial charge in [0.1, 0.15) is 0 Å². The van der Waals surface area contributed by atoms with E-state index in [-0.39, 0.29) is 5.91 Å². The molecule has 2 rings (SSSR count). The Balaban J connectivity index is 2.27. The van der Waals surface area contributed by atoms with E-state index in [1.165, 1.54) is 12.8 Å². The molecule has 104 valence electrons. The van der Waals surface area contributed by atoms with Crippen LogP contribution in [0.2, 0.25) is 5.02 Å². The van der Waals surface area contributed by atoms with Crippen LogP contribution in [0.25, 0.3) is 0 Å². The topological polar surface area (TPSA) is 20.3 Å². The normalized spacial score (nSPS) is 20.2. The zero-order chi connectivity index (χ0) is 13.8. The van der Waals surface area contributed by atoms with Crippen LogP contribution >= 0.6 is 34.2 Å². The molecule has 1 saturated heterocycles. The summed E-state index contributed by atoms with van der Waals surface area (Å²) in [6.07, 6.45) is 5.73. The molecule has 0 radical (unpaired) electrons. The molecule has 0 aromatic heterocycles. The summed E-state index contributed by atoms with van der Waals surface area (Å²) < 4.78 is 0.978. The van der Waals surface area contributed by atoms with Gasteiger partial charge in [0, 0.05) is 21.2 Å². The molecule has 0 bridgehead atoms. The minimum Gasteiger partial charge on any atom is -0.336 e. The predicted octanol–water partition coefficient (Wildman–Crippen LogP) is 4.74. The number of hydrogen-bond acceptors (Lipinski definition) is 1. The Kier molecular flexibility index (Phi) is 5.51. The van der Waals surface area contributed by atoms with Gasteiger partial charge in [-0.05, 0) is 60.1 Å². The molecular weight excluding hydrogens is 373 g/mol. The lowest BCUT2D eigenvalue weighted by Crippen LogP contribution is -2.40. The largest absolute Gasteiger partial charge is 0.336 e. The molecular formula is C15H19ClINO. The lowest BCUT2D eigenvalue weighted by Gasteiger charge is -2.29. The smallest absolute Gasteiger partial charge is 0.255 e. The van der Waals surface area contributed by atoms with Crippen LogP contribution < -0.4 is 0 Å². The van der Waals surface area contributed by atoms with E-state index in [0.717, 1.165) is 34.9 Å². The number of amides is 1. The SMILES string of the molecule is CCC1CCCCCN1C(=O)c1cc(Cl)ccc1I. The molecule has 0 N–H and O–H groups in total. The second-order valence-electron chi connectivity index (χ2n) is 5.03. The lowest BCUT2D eigenvalue weighted by molar-refractivity contribution is 0.0677. The molecule has 1 aromatic rings. The van der Waals surface area contributed by atoms with Crippen LogP contribution in [0.1, 0.15) is 49.4 Å². The predicted molar refractivity (Wildman–Crippen MR) is 87.8 cm³/mol. The molecule has 0 spiro atoms. The fourth-order valence-electron chi connectivity index (χ4n) is 2.69. The van der Waals surface area contributed by atoms with Crippen LogP contribution in [-0.2, 0) is 0 Å². The average Bonchev–Trinajstić information content (AvgIpc) is 2.65. The molecule has 1 aromatic carbocycles. The molecule has 0 saturated carbocycles. The number of nitrogens with zero attached hydrogens (tertiary/aromatic N) is 1. The number of hydrogen-bond donors (Lipinski definition) is 0. The van der Waals surface area contributed by atoms with Crippen molar-refractivity contribution < 1.29 is 4.79 Å². The van der Waals surface area contributed by atoms with Crippen molar-refractivity contribution in [1.82, 2.24) is 4.90 Å². The average molecular weight is 392 g/mol. The fourth-order valence-corrected chi connectivity index (χ4v) is 3.42. The van der Waals surface area contributed by atoms with Crippen molar-refractivity contribution in [3.8, 4) is 0 Å². The van der Waals surface area contributed by atoms with Crippen molar-refractivity contribution in [3.05, 3.63) is 32.4 Å². The Morgan fingerprint density at radius 3 is 2.95 bits per heavy atom. The van der Waals surface area contributed by atoms with Crippen molar-refractivity contribution >= 4 is 40.1 Å². The van der Waals surface area contributed by atoms with E-state index in [1.807, 2.05) is 12.1 Å². The summed E-state index contributed by atoms with van der Waals surface area (Å²) in [7, 11) is 0. The molecule has 1 fully saturated rings. The summed E-state index contributed by atoms with van der Waals surface area (Å²) >= 11 is 8.24. The van der Waals surface area contributed by atoms with Crippen LogP contribution in [0.4, 0.5) is 0 Å². The van der Waals surface area contributed by atoms with Crippen molar-refractivity contribution in [3.63, 3.8) is 0 Å². The highest BCUT2D eigenvalue weighted by atomic mass is 127. The molecule has 4 heteroatoms. The third-order valence-corrected chi connectivity index (χ3v) is 4.94. The van der Waals surface area contributed by atoms with E-state index in [4.69, 9.17) is 11.6 Å². The van der Waals surface area contributed by atoms with E-state index in [0.29, 0.717) is 11.1 Å². The Morgan fingerprint density at radius 2 is 2.21 bits per heavy atom. The molecule has 1 aliphatic heterocycles. The van der Waals surface area contributed by atoms with Gasteiger partial charge in [-0.25, -0.2) is 0 Å². The quantitative estimate of drug-likeness (QED) is 0.667. The molecule has 0 aliphatic carbocycles. The van der Waals surface area contributed by atoms with Crippen molar-refractivity contribution in [1.29, 1.82) is 0 Å². The first kappa shape index (κ1) is 15.1. The number of carbonyl (C=O) groups is 1. The molecule has 1 heterocycles. The van der Waals surface area contributed by atoms with E-state index in [2.05, 4.69) is 34.4 Å². The molecule has 1 amide bonds. The summed E-state index contributed by atoms with van der Waals surface area (Å²) in [5.41, 5.74) is 0.744. The van der Waals surface area contributed by atoms with Crippen LogP contribution in [0.15, 0.2) is 18.2 Å². The van der Waals surface area contributed by atoms with Gasteiger partial charge in [-0.1, -0.05) is 31.4 Å².